The zero-order chi connectivity index (χ0) is 12.2. The highest BCUT2D eigenvalue weighted by atomic mass is 32.2. The molecule has 1 rings (SSSR count). The van der Waals surface area contributed by atoms with Crippen molar-refractivity contribution in [3.63, 3.8) is 0 Å². The molecule has 0 aliphatic heterocycles. The Hall–Kier alpha value is -1.36. The Morgan fingerprint density at radius 3 is 2.31 bits per heavy atom. The van der Waals surface area contributed by atoms with Gasteiger partial charge in [-0.3, -0.25) is 4.79 Å². The van der Waals surface area contributed by atoms with Crippen LogP contribution in [0.5, 0.6) is 0 Å². The quantitative estimate of drug-likeness (QED) is 0.852. The van der Waals surface area contributed by atoms with Crippen LogP contribution in [0.3, 0.4) is 0 Å². The Kier molecular flexibility index (Phi) is 4.06. The van der Waals surface area contributed by atoms with E-state index in [0.29, 0.717) is 4.90 Å². The first-order valence-corrected chi connectivity index (χ1v) is 6.61. The van der Waals surface area contributed by atoms with E-state index < -0.39 is 9.84 Å². The van der Waals surface area contributed by atoms with E-state index in [-0.39, 0.29) is 18.2 Å². The third-order valence-corrected chi connectivity index (χ3v) is 3.86. The van der Waals surface area contributed by atoms with Gasteiger partial charge in [0.1, 0.15) is 0 Å². The largest absolute Gasteiger partial charge is 0.355 e. The fourth-order valence-electron chi connectivity index (χ4n) is 1.22. The van der Waals surface area contributed by atoms with E-state index >= 15 is 0 Å². The maximum Gasteiger partial charge on any atom is 0.216 e. The van der Waals surface area contributed by atoms with Crippen LogP contribution in [0.1, 0.15) is 12.5 Å². The highest BCUT2D eigenvalue weighted by molar-refractivity contribution is 7.91. The van der Waals surface area contributed by atoms with Crippen molar-refractivity contribution in [2.45, 2.75) is 18.7 Å². The Balaban J connectivity index is 2.71. The summed E-state index contributed by atoms with van der Waals surface area (Å²) in [5.74, 6) is -0.297. The second-order valence-corrected chi connectivity index (χ2v) is 5.72. The zero-order valence-corrected chi connectivity index (χ0v) is 10.2. The van der Waals surface area contributed by atoms with Crippen molar-refractivity contribution in [3.8, 4) is 0 Å². The molecule has 88 valence electrons. The summed E-state index contributed by atoms with van der Waals surface area (Å²) in [7, 11) is -3.29. The van der Waals surface area contributed by atoms with Crippen LogP contribution >= 0.6 is 0 Å². The minimum atomic E-state index is -3.29. The molecule has 0 radical (unpaired) electrons. The van der Waals surface area contributed by atoms with Gasteiger partial charge in [-0.15, -0.1) is 0 Å². The van der Waals surface area contributed by atoms with Crippen LogP contribution in [-0.2, 0) is 14.6 Å². The van der Waals surface area contributed by atoms with Crippen molar-refractivity contribution in [1.29, 1.82) is 0 Å². The number of carbonyl (C=O) groups is 1. The smallest absolute Gasteiger partial charge is 0.216 e. The average molecular weight is 241 g/mol. The summed E-state index contributed by atoms with van der Waals surface area (Å²) in [6, 6.07) is 6.67. The average Bonchev–Trinajstić information content (AvgIpc) is 2.17. The van der Waals surface area contributed by atoms with Crippen molar-refractivity contribution in [2.75, 3.05) is 12.3 Å². The minimum absolute atomic E-state index is 0.0738. The lowest BCUT2D eigenvalue weighted by Gasteiger charge is -2.05. The van der Waals surface area contributed by atoms with Crippen molar-refractivity contribution in [1.82, 2.24) is 5.32 Å². The van der Waals surface area contributed by atoms with E-state index in [1.54, 1.807) is 24.3 Å². The molecule has 0 fully saturated rings. The van der Waals surface area contributed by atoms with Crippen LogP contribution in [0, 0.1) is 6.92 Å². The Morgan fingerprint density at radius 2 is 1.81 bits per heavy atom. The van der Waals surface area contributed by atoms with Gasteiger partial charge in [0.2, 0.25) is 5.91 Å². The van der Waals surface area contributed by atoms with Gasteiger partial charge in [-0.05, 0) is 19.1 Å². The van der Waals surface area contributed by atoms with Crippen LogP contribution < -0.4 is 5.32 Å². The van der Waals surface area contributed by atoms with Gasteiger partial charge in [0, 0.05) is 13.5 Å². The van der Waals surface area contributed by atoms with Crippen LogP contribution in [0.2, 0.25) is 0 Å². The molecular formula is C11H15NO3S. The zero-order valence-electron chi connectivity index (χ0n) is 9.36. The molecule has 1 aromatic rings. The number of benzene rings is 1. The highest BCUT2D eigenvalue weighted by Crippen LogP contribution is 2.11. The van der Waals surface area contributed by atoms with Gasteiger partial charge in [0.15, 0.2) is 9.84 Å². The molecule has 0 spiro atoms. The molecule has 0 bridgehead atoms. The van der Waals surface area contributed by atoms with Gasteiger partial charge in [0.25, 0.3) is 0 Å². The van der Waals surface area contributed by atoms with Gasteiger partial charge in [0.05, 0.1) is 10.6 Å². The molecule has 16 heavy (non-hydrogen) atoms. The Bertz CT molecular complexity index is 463. The van der Waals surface area contributed by atoms with Gasteiger partial charge in [-0.25, -0.2) is 8.42 Å². The van der Waals surface area contributed by atoms with E-state index in [9.17, 15) is 13.2 Å². The van der Waals surface area contributed by atoms with Crippen LogP contribution in [0.4, 0.5) is 0 Å². The van der Waals surface area contributed by atoms with E-state index in [0.717, 1.165) is 5.56 Å². The highest BCUT2D eigenvalue weighted by Gasteiger charge is 2.13. The number of amides is 1. The number of rotatable bonds is 4. The topological polar surface area (TPSA) is 63.2 Å². The molecule has 0 saturated carbocycles. The third-order valence-electron chi connectivity index (χ3n) is 2.12. The molecule has 0 aromatic heterocycles. The SMILES string of the molecule is CC(=O)NCCS(=O)(=O)c1ccc(C)cc1. The van der Waals surface area contributed by atoms with E-state index in [1.807, 2.05) is 6.92 Å². The Labute approximate surface area is 95.6 Å². The molecule has 1 N–H and O–H groups in total. The summed E-state index contributed by atoms with van der Waals surface area (Å²) in [6.45, 7) is 3.40. The fraction of sp³-hybridized carbons (Fsp3) is 0.364. The standard InChI is InChI=1S/C11H15NO3S/c1-9-3-5-11(6-4-9)16(14,15)8-7-12-10(2)13/h3-6H,7-8H2,1-2H3,(H,12,13). The normalized spacial score (nSPS) is 11.1. The summed E-state index contributed by atoms with van der Waals surface area (Å²) >= 11 is 0. The van der Waals surface area contributed by atoms with Crippen molar-refractivity contribution < 1.29 is 13.2 Å². The van der Waals surface area contributed by atoms with Gasteiger partial charge < -0.3 is 5.32 Å². The van der Waals surface area contributed by atoms with Crippen molar-refractivity contribution >= 4 is 15.7 Å². The summed E-state index contributed by atoms with van der Waals surface area (Å²) in [6.07, 6.45) is 0. The fourth-order valence-corrected chi connectivity index (χ4v) is 2.38. The lowest BCUT2D eigenvalue weighted by atomic mass is 10.2. The first kappa shape index (κ1) is 12.7. The molecule has 0 aliphatic rings. The van der Waals surface area contributed by atoms with Crippen LogP contribution in [-0.4, -0.2) is 26.6 Å². The first-order chi connectivity index (χ1) is 7.42. The summed E-state index contributed by atoms with van der Waals surface area (Å²) in [4.78, 5) is 10.9. The summed E-state index contributed by atoms with van der Waals surface area (Å²) in [5.41, 5.74) is 1.01. The molecule has 1 aromatic carbocycles. The molecule has 0 atom stereocenters. The molecule has 1 amide bonds. The molecular weight excluding hydrogens is 226 g/mol. The predicted octanol–water partition coefficient (Wildman–Crippen LogP) is 0.905. The maximum absolute atomic E-state index is 11.8. The van der Waals surface area contributed by atoms with Crippen LogP contribution in [0.15, 0.2) is 29.2 Å². The molecule has 0 aliphatic carbocycles. The molecule has 4 nitrogen and oxygen atoms in total. The predicted molar refractivity (Wildman–Crippen MR) is 61.9 cm³/mol. The van der Waals surface area contributed by atoms with Gasteiger partial charge >= 0.3 is 0 Å². The first-order valence-electron chi connectivity index (χ1n) is 4.96. The third kappa shape index (κ3) is 3.66. The van der Waals surface area contributed by atoms with Crippen molar-refractivity contribution in [2.24, 2.45) is 0 Å². The summed E-state index contributed by atoms with van der Waals surface area (Å²) < 4.78 is 23.5. The number of carbonyl (C=O) groups excluding carboxylic acids is 1. The van der Waals surface area contributed by atoms with E-state index in [2.05, 4.69) is 5.32 Å². The Morgan fingerprint density at radius 1 is 1.25 bits per heavy atom. The second kappa shape index (κ2) is 5.12. The molecule has 5 heteroatoms. The lowest BCUT2D eigenvalue weighted by molar-refractivity contribution is -0.118. The van der Waals surface area contributed by atoms with E-state index in [1.165, 1.54) is 6.92 Å². The lowest BCUT2D eigenvalue weighted by Crippen LogP contribution is -2.26. The van der Waals surface area contributed by atoms with Gasteiger partial charge in [-0.1, -0.05) is 17.7 Å². The molecule has 0 unspecified atom stereocenters. The number of sulfone groups is 1. The number of nitrogens with one attached hydrogen (secondary N) is 1. The van der Waals surface area contributed by atoms with E-state index in [4.69, 9.17) is 0 Å². The maximum atomic E-state index is 11.8. The summed E-state index contributed by atoms with van der Waals surface area (Å²) in [5, 5.41) is 2.46. The molecule has 0 saturated heterocycles. The van der Waals surface area contributed by atoms with Gasteiger partial charge in [-0.2, -0.15) is 0 Å². The number of aryl methyl sites for hydroxylation is 1. The number of hydrogen-bond acceptors (Lipinski definition) is 3. The molecule has 0 heterocycles. The van der Waals surface area contributed by atoms with Crippen LogP contribution in [0.25, 0.3) is 0 Å². The second-order valence-electron chi connectivity index (χ2n) is 3.61. The number of hydrogen-bond donors (Lipinski definition) is 1. The van der Waals surface area contributed by atoms with Crippen molar-refractivity contribution in [3.05, 3.63) is 29.8 Å². The minimum Gasteiger partial charge on any atom is -0.355 e. The monoisotopic (exact) mass is 241 g/mol.